The first-order valence-electron chi connectivity index (χ1n) is 8.35. The first-order valence-corrected chi connectivity index (χ1v) is 8.35. The molecule has 0 unspecified atom stereocenters. The number of hydrogen-bond donors (Lipinski definition) is 1. The van der Waals surface area contributed by atoms with Crippen molar-refractivity contribution >= 4 is 12.0 Å². The molecule has 1 N–H and O–H groups in total. The van der Waals surface area contributed by atoms with Crippen molar-refractivity contribution in [2.75, 3.05) is 20.1 Å². The minimum absolute atomic E-state index is 0.0656. The summed E-state index contributed by atoms with van der Waals surface area (Å²) < 4.78 is 5.99. The molecule has 2 rings (SSSR count). The molecular weight excluding hydrogens is 290 g/mol. The van der Waals surface area contributed by atoms with Crippen molar-refractivity contribution in [3.63, 3.8) is 0 Å². The molecule has 0 saturated carbocycles. The minimum Gasteiger partial charge on any atom is -0.487 e. The summed E-state index contributed by atoms with van der Waals surface area (Å²) in [6, 6.07) is 2.46. The molecule has 126 valence electrons. The maximum atomic E-state index is 11.7. The number of nitrogens with zero attached hydrogens (tertiary/aromatic N) is 2. The molecule has 5 heteroatoms. The molecule has 1 aliphatic rings. The molecule has 1 saturated heterocycles. The number of pyridine rings is 1. The number of rotatable bonds is 7. The van der Waals surface area contributed by atoms with Gasteiger partial charge in [-0.25, -0.2) is 0 Å². The van der Waals surface area contributed by atoms with E-state index in [1.54, 1.807) is 6.20 Å². The summed E-state index contributed by atoms with van der Waals surface area (Å²) in [5.41, 5.74) is 1.03. The van der Waals surface area contributed by atoms with E-state index in [0.717, 1.165) is 30.7 Å². The number of carbonyl (C=O) groups is 1. The van der Waals surface area contributed by atoms with Crippen LogP contribution in [0, 0.1) is 0 Å². The van der Waals surface area contributed by atoms with E-state index in [1.807, 2.05) is 31.1 Å². The molecular formula is C18H27N3O2. The van der Waals surface area contributed by atoms with E-state index in [0.29, 0.717) is 19.0 Å². The van der Waals surface area contributed by atoms with Crippen LogP contribution in [-0.2, 0) is 4.79 Å². The molecule has 0 bridgehead atoms. The van der Waals surface area contributed by atoms with Crippen LogP contribution in [0.2, 0.25) is 0 Å². The molecule has 1 fully saturated rings. The zero-order valence-electron chi connectivity index (χ0n) is 14.3. The molecule has 2 atom stereocenters. The van der Waals surface area contributed by atoms with Crippen molar-refractivity contribution in [2.45, 2.75) is 45.3 Å². The van der Waals surface area contributed by atoms with Crippen molar-refractivity contribution < 1.29 is 9.53 Å². The van der Waals surface area contributed by atoms with Crippen LogP contribution >= 0.6 is 0 Å². The van der Waals surface area contributed by atoms with Crippen LogP contribution in [0.15, 0.2) is 24.5 Å². The topological polar surface area (TPSA) is 54.5 Å². The molecule has 0 aliphatic carbocycles. The van der Waals surface area contributed by atoms with Gasteiger partial charge in [0.15, 0.2) is 0 Å². The molecule has 0 spiro atoms. The van der Waals surface area contributed by atoms with Crippen LogP contribution in [0.3, 0.4) is 0 Å². The summed E-state index contributed by atoms with van der Waals surface area (Å²) in [5, 5.41) is 3.21. The summed E-state index contributed by atoms with van der Waals surface area (Å²) in [6.45, 7) is 5.50. The van der Waals surface area contributed by atoms with Gasteiger partial charge in [-0.1, -0.05) is 19.1 Å². The Labute approximate surface area is 138 Å². The van der Waals surface area contributed by atoms with Gasteiger partial charge >= 0.3 is 0 Å². The van der Waals surface area contributed by atoms with Crippen molar-refractivity contribution in [1.82, 2.24) is 15.2 Å². The summed E-state index contributed by atoms with van der Waals surface area (Å²) in [6.07, 6.45) is 10.2. The highest BCUT2D eigenvalue weighted by molar-refractivity contribution is 5.76. The number of nitrogens with one attached hydrogen (secondary N) is 1. The molecule has 1 aromatic heterocycles. The fourth-order valence-electron chi connectivity index (χ4n) is 2.58. The normalized spacial score (nSPS) is 19.3. The fraction of sp³-hybridized carbons (Fsp3) is 0.556. The fourth-order valence-corrected chi connectivity index (χ4v) is 2.58. The predicted octanol–water partition coefficient (Wildman–Crippen LogP) is 2.48. The summed E-state index contributed by atoms with van der Waals surface area (Å²) in [7, 11) is 1.96. The van der Waals surface area contributed by atoms with Crippen LogP contribution in [0.4, 0.5) is 0 Å². The van der Waals surface area contributed by atoms with Crippen LogP contribution in [0.1, 0.15) is 38.7 Å². The van der Waals surface area contributed by atoms with Gasteiger partial charge in [-0.15, -0.1) is 0 Å². The lowest BCUT2D eigenvalue weighted by molar-refractivity contribution is -0.130. The number of carbonyl (C=O) groups excluding carboxylic acids is 1. The second-order valence-electron chi connectivity index (χ2n) is 6.00. The molecule has 5 nitrogen and oxygen atoms in total. The van der Waals surface area contributed by atoms with E-state index < -0.39 is 0 Å². The third kappa shape index (κ3) is 5.36. The number of hydrogen-bond acceptors (Lipinski definition) is 4. The summed E-state index contributed by atoms with van der Waals surface area (Å²) in [4.78, 5) is 17.8. The first-order chi connectivity index (χ1) is 11.1. The summed E-state index contributed by atoms with van der Waals surface area (Å²) in [5.74, 6) is 0.967. The zero-order chi connectivity index (χ0) is 16.7. The van der Waals surface area contributed by atoms with Crippen LogP contribution in [-0.4, -0.2) is 48.1 Å². The molecule has 1 aliphatic heterocycles. The van der Waals surface area contributed by atoms with Crippen LogP contribution in [0.25, 0.3) is 6.08 Å². The first kappa shape index (κ1) is 17.5. The Morgan fingerprint density at radius 2 is 2.39 bits per heavy atom. The highest BCUT2D eigenvalue weighted by Gasteiger charge is 2.26. The highest BCUT2D eigenvalue weighted by atomic mass is 16.5. The Morgan fingerprint density at radius 1 is 1.57 bits per heavy atom. The molecule has 0 radical (unpaired) electrons. The van der Waals surface area contributed by atoms with Gasteiger partial charge in [0, 0.05) is 31.6 Å². The van der Waals surface area contributed by atoms with Gasteiger partial charge in [-0.05, 0) is 32.0 Å². The number of aromatic nitrogens is 1. The SMILES string of the molecule is CCC(=O)N1CC[C@@H](Oc2cncc(/C=C/C[C@H](C)NC)c2)C1. The van der Waals surface area contributed by atoms with Gasteiger partial charge in [0.2, 0.25) is 5.91 Å². The average molecular weight is 317 g/mol. The van der Waals surface area contributed by atoms with Crippen molar-refractivity contribution in [2.24, 2.45) is 0 Å². The number of likely N-dealkylation sites (tertiary alicyclic amines) is 1. The van der Waals surface area contributed by atoms with Gasteiger partial charge in [0.25, 0.3) is 0 Å². The van der Waals surface area contributed by atoms with Gasteiger partial charge < -0.3 is 15.0 Å². The molecule has 2 heterocycles. The third-order valence-corrected chi connectivity index (χ3v) is 4.13. The maximum Gasteiger partial charge on any atom is 0.222 e. The van der Waals surface area contributed by atoms with E-state index in [4.69, 9.17) is 4.74 Å². The van der Waals surface area contributed by atoms with Crippen LogP contribution in [0.5, 0.6) is 5.75 Å². The molecule has 1 aromatic rings. The Morgan fingerprint density at radius 3 is 3.13 bits per heavy atom. The summed E-state index contributed by atoms with van der Waals surface area (Å²) >= 11 is 0. The second-order valence-corrected chi connectivity index (χ2v) is 6.00. The second kappa shape index (κ2) is 8.67. The van der Waals surface area contributed by atoms with E-state index in [9.17, 15) is 4.79 Å². The number of amides is 1. The minimum atomic E-state index is 0.0656. The van der Waals surface area contributed by atoms with Gasteiger partial charge in [-0.2, -0.15) is 0 Å². The van der Waals surface area contributed by atoms with Crippen molar-refractivity contribution in [3.8, 4) is 5.75 Å². The highest BCUT2D eigenvalue weighted by Crippen LogP contribution is 2.19. The largest absolute Gasteiger partial charge is 0.487 e. The third-order valence-electron chi connectivity index (χ3n) is 4.13. The Bertz CT molecular complexity index is 545. The van der Waals surface area contributed by atoms with E-state index in [1.165, 1.54) is 0 Å². The van der Waals surface area contributed by atoms with Crippen LogP contribution < -0.4 is 10.1 Å². The quantitative estimate of drug-likeness (QED) is 0.839. The van der Waals surface area contributed by atoms with E-state index in [-0.39, 0.29) is 12.0 Å². The lowest BCUT2D eigenvalue weighted by Gasteiger charge is -2.16. The van der Waals surface area contributed by atoms with Crippen molar-refractivity contribution in [3.05, 3.63) is 30.1 Å². The Balaban J connectivity index is 1.89. The molecule has 0 aromatic carbocycles. The van der Waals surface area contributed by atoms with Gasteiger partial charge in [0.05, 0.1) is 12.7 Å². The van der Waals surface area contributed by atoms with Gasteiger partial charge in [0.1, 0.15) is 11.9 Å². The maximum absolute atomic E-state index is 11.7. The Kier molecular flexibility index (Phi) is 6.59. The van der Waals surface area contributed by atoms with E-state index in [2.05, 4.69) is 29.4 Å². The Hall–Kier alpha value is -1.88. The standard InChI is InChI=1S/C18H27N3O2/c1-4-18(22)21-9-8-16(13-21)23-17-10-15(11-20-12-17)7-5-6-14(2)19-3/h5,7,10-12,14,16,19H,4,6,8-9,13H2,1-3H3/b7-5+/t14-,16+/m0/s1. The van der Waals surface area contributed by atoms with E-state index >= 15 is 0 Å². The predicted molar refractivity (Wildman–Crippen MR) is 92.3 cm³/mol. The van der Waals surface area contributed by atoms with Gasteiger partial charge in [-0.3, -0.25) is 9.78 Å². The average Bonchev–Trinajstić information content (AvgIpc) is 3.02. The molecule has 23 heavy (non-hydrogen) atoms. The molecule has 1 amide bonds. The zero-order valence-corrected chi connectivity index (χ0v) is 14.3. The lowest BCUT2D eigenvalue weighted by atomic mass is 10.2. The lowest BCUT2D eigenvalue weighted by Crippen LogP contribution is -2.30. The van der Waals surface area contributed by atoms with Crippen molar-refractivity contribution in [1.29, 1.82) is 0 Å². The smallest absolute Gasteiger partial charge is 0.222 e. The number of ether oxygens (including phenoxy) is 1. The monoisotopic (exact) mass is 317 g/mol.